The Bertz CT molecular complexity index is 982. The number of amides is 1. The molecule has 3 rings (SSSR count). The van der Waals surface area contributed by atoms with Gasteiger partial charge in [-0.2, -0.15) is 0 Å². The van der Waals surface area contributed by atoms with Crippen molar-refractivity contribution in [3.63, 3.8) is 0 Å². The van der Waals surface area contributed by atoms with Crippen molar-refractivity contribution >= 4 is 17.7 Å². The summed E-state index contributed by atoms with van der Waals surface area (Å²) >= 11 is 1.41. The molecular formula is C25H34FN3O2S. The molecule has 0 saturated carbocycles. The molecule has 1 aromatic heterocycles. The van der Waals surface area contributed by atoms with Gasteiger partial charge in [0.1, 0.15) is 5.82 Å². The zero-order valence-corrected chi connectivity index (χ0v) is 20.4. The molecule has 1 amide bonds. The molecule has 0 aliphatic carbocycles. The van der Waals surface area contributed by atoms with Gasteiger partial charge in [-0.25, -0.2) is 9.37 Å². The summed E-state index contributed by atoms with van der Waals surface area (Å²) in [7, 11) is 1.72. The highest BCUT2D eigenvalue weighted by Crippen LogP contribution is 2.28. The Balaban J connectivity index is 1.82. The second-order valence-electron chi connectivity index (χ2n) is 8.88. The minimum Gasteiger partial charge on any atom is -0.342 e. The second-order valence-corrected chi connectivity index (χ2v) is 10.1. The highest BCUT2D eigenvalue weighted by molar-refractivity contribution is 8.00. The lowest BCUT2D eigenvalue weighted by Crippen LogP contribution is -2.42. The number of aromatic nitrogens is 2. The van der Waals surface area contributed by atoms with Crippen molar-refractivity contribution in [1.29, 1.82) is 0 Å². The van der Waals surface area contributed by atoms with Crippen LogP contribution in [0.1, 0.15) is 62.8 Å². The molecular weight excluding hydrogens is 425 g/mol. The number of piperidine rings is 1. The van der Waals surface area contributed by atoms with Crippen LogP contribution in [-0.2, 0) is 18.3 Å². The van der Waals surface area contributed by atoms with Gasteiger partial charge in [0, 0.05) is 37.8 Å². The van der Waals surface area contributed by atoms with E-state index in [2.05, 4.69) is 13.8 Å². The van der Waals surface area contributed by atoms with Crippen LogP contribution in [0.25, 0.3) is 0 Å². The van der Waals surface area contributed by atoms with Gasteiger partial charge < -0.3 is 4.90 Å². The third-order valence-corrected chi connectivity index (χ3v) is 7.58. The number of hydrogen-bond acceptors (Lipinski definition) is 4. The monoisotopic (exact) mass is 459 g/mol. The lowest BCUT2D eigenvalue weighted by molar-refractivity contribution is -0.132. The Morgan fingerprint density at radius 2 is 1.91 bits per heavy atom. The maximum Gasteiger partial charge on any atom is 0.257 e. The minimum absolute atomic E-state index is 0.113. The second kappa shape index (κ2) is 11.1. The van der Waals surface area contributed by atoms with E-state index >= 15 is 0 Å². The van der Waals surface area contributed by atoms with Gasteiger partial charge >= 0.3 is 0 Å². The molecule has 1 atom stereocenters. The molecule has 32 heavy (non-hydrogen) atoms. The van der Waals surface area contributed by atoms with Gasteiger partial charge in [0.2, 0.25) is 5.91 Å². The summed E-state index contributed by atoms with van der Waals surface area (Å²) in [5.74, 6) is 0.534. The van der Waals surface area contributed by atoms with Gasteiger partial charge in [-0.05, 0) is 49.8 Å². The van der Waals surface area contributed by atoms with E-state index in [0.29, 0.717) is 28.8 Å². The number of likely N-dealkylation sites (tertiary alicyclic amines) is 1. The molecule has 2 aromatic rings. The van der Waals surface area contributed by atoms with E-state index in [0.717, 1.165) is 50.8 Å². The molecule has 174 valence electrons. The first-order chi connectivity index (χ1) is 15.3. The summed E-state index contributed by atoms with van der Waals surface area (Å²) in [5.41, 5.74) is 2.01. The quantitative estimate of drug-likeness (QED) is 0.423. The SMILES string of the molecule is CCCCC(Sc1nc(C)c(Cc2ccc(F)cc2)c(=O)n1C)C(=O)N1CCC(C)CC1. The summed E-state index contributed by atoms with van der Waals surface area (Å²) in [6.45, 7) is 7.81. The summed E-state index contributed by atoms with van der Waals surface area (Å²) in [4.78, 5) is 33.1. The van der Waals surface area contributed by atoms with Crippen molar-refractivity contribution in [1.82, 2.24) is 14.5 Å². The molecule has 7 heteroatoms. The standard InChI is InChI=1S/C25H34FN3O2S/c1-5-6-7-22(24(31)29-14-12-17(2)13-15-29)32-25-27-18(3)21(23(30)28(25)4)16-19-8-10-20(26)11-9-19/h8-11,17,22H,5-7,12-16H2,1-4H3. The first kappa shape index (κ1) is 24.5. The summed E-state index contributed by atoms with van der Waals surface area (Å²) in [6.07, 6.45) is 5.25. The molecule has 0 N–H and O–H groups in total. The average molecular weight is 460 g/mol. The number of nitrogens with zero attached hydrogens (tertiary/aromatic N) is 3. The van der Waals surface area contributed by atoms with E-state index in [1.807, 2.05) is 11.8 Å². The normalized spacial score (nSPS) is 15.7. The Morgan fingerprint density at radius 3 is 2.53 bits per heavy atom. The fourth-order valence-electron chi connectivity index (χ4n) is 4.03. The van der Waals surface area contributed by atoms with Crippen molar-refractivity contribution in [3.8, 4) is 0 Å². The van der Waals surface area contributed by atoms with Crippen molar-refractivity contribution in [2.45, 2.75) is 69.7 Å². The van der Waals surface area contributed by atoms with Crippen LogP contribution >= 0.6 is 11.8 Å². The highest BCUT2D eigenvalue weighted by Gasteiger charge is 2.29. The number of unbranched alkanes of at least 4 members (excludes halogenated alkanes) is 1. The summed E-state index contributed by atoms with van der Waals surface area (Å²) < 4.78 is 14.8. The lowest BCUT2D eigenvalue weighted by atomic mass is 9.99. The average Bonchev–Trinajstić information content (AvgIpc) is 2.78. The largest absolute Gasteiger partial charge is 0.342 e. The number of thioether (sulfide) groups is 1. The first-order valence-electron chi connectivity index (χ1n) is 11.6. The highest BCUT2D eigenvalue weighted by atomic mass is 32.2. The summed E-state index contributed by atoms with van der Waals surface area (Å²) in [5, 5.41) is 0.346. The summed E-state index contributed by atoms with van der Waals surface area (Å²) in [6, 6.07) is 6.18. The molecule has 2 heterocycles. The maximum atomic E-state index is 13.3. The van der Waals surface area contributed by atoms with Crippen LogP contribution in [-0.4, -0.2) is 38.7 Å². The topological polar surface area (TPSA) is 55.2 Å². The number of carbonyl (C=O) groups excluding carboxylic acids is 1. The van der Waals surface area contributed by atoms with Gasteiger partial charge in [-0.3, -0.25) is 14.2 Å². The van der Waals surface area contributed by atoms with E-state index < -0.39 is 0 Å². The Morgan fingerprint density at radius 1 is 1.25 bits per heavy atom. The molecule has 5 nitrogen and oxygen atoms in total. The van der Waals surface area contributed by atoms with E-state index in [9.17, 15) is 14.0 Å². The van der Waals surface area contributed by atoms with Gasteiger partial charge in [0.05, 0.1) is 5.25 Å². The Hall–Kier alpha value is -2.15. The fraction of sp³-hybridized carbons (Fsp3) is 0.560. The van der Waals surface area contributed by atoms with Crippen molar-refractivity contribution < 1.29 is 9.18 Å². The van der Waals surface area contributed by atoms with Gasteiger partial charge in [0.25, 0.3) is 5.56 Å². The van der Waals surface area contributed by atoms with Crippen molar-refractivity contribution in [2.75, 3.05) is 13.1 Å². The molecule has 1 unspecified atom stereocenters. The van der Waals surface area contributed by atoms with E-state index in [-0.39, 0.29) is 22.5 Å². The zero-order valence-electron chi connectivity index (χ0n) is 19.6. The lowest BCUT2D eigenvalue weighted by Gasteiger charge is -2.33. The van der Waals surface area contributed by atoms with Crippen molar-refractivity contribution in [2.24, 2.45) is 13.0 Å². The molecule has 0 radical (unpaired) electrons. The number of hydrogen-bond donors (Lipinski definition) is 0. The molecule has 0 spiro atoms. The van der Waals surface area contributed by atoms with Crippen LogP contribution in [0.15, 0.2) is 34.2 Å². The van der Waals surface area contributed by atoms with Gasteiger partial charge in [0.15, 0.2) is 5.16 Å². The number of benzene rings is 1. The molecule has 1 saturated heterocycles. The number of aryl methyl sites for hydroxylation is 1. The number of halogens is 1. The minimum atomic E-state index is -0.297. The zero-order chi connectivity index (χ0) is 23.3. The third-order valence-electron chi connectivity index (χ3n) is 6.28. The first-order valence-corrected chi connectivity index (χ1v) is 12.4. The van der Waals surface area contributed by atoms with Crippen molar-refractivity contribution in [3.05, 3.63) is 57.3 Å². The maximum absolute atomic E-state index is 13.3. The van der Waals surface area contributed by atoms with Gasteiger partial charge in [-0.1, -0.05) is 50.6 Å². The van der Waals surface area contributed by atoms with E-state index in [1.165, 1.54) is 23.9 Å². The Labute approximate surface area is 194 Å². The van der Waals surface area contributed by atoms with E-state index in [4.69, 9.17) is 4.98 Å². The molecule has 1 aliphatic heterocycles. The van der Waals surface area contributed by atoms with Crippen LogP contribution in [0.3, 0.4) is 0 Å². The number of rotatable bonds is 8. The molecule has 1 aliphatic rings. The van der Waals surface area contributed by atoms with Crippen LogP contribution in [0, 0.1) is 18.7 Å². The Kier molecular flexibility index (Phi) is 8.51. The third kappa shape index (κ3) is 6.00. The van der Waals surface area contributed by atoms with Crippen LogP contribution in [0.4, 0.5) is 4.39 Å². The van der Waals surface area contributed by atoms with Crippen LogP contribution in [0.5, 0.6) is 0 Å². The fourth-order valence-corrected chi connectivity index (χ4v) is 5.25. The van der Waals surface area contributed by atoms with Crippen LogP contribution < -0.4 is 5.56 Å². The molecule has 0 bridgehead atoms. The predicted molar refractivity (Wildman–Crippen MR) is 128 cm³/mol. The van der Waals surface area contributed by atoms with Crippen LogP contribution in [0.2, 0.25) is 0 Å². The van der Waals surface area contributed by atoms with Gasteiger partial charge in [-0.15, -0.1) is 0 Å². The number of carbonyl (C=O) groups is 1. The molecule has 1 fully saturated rings. The molecule has 1 aromatic carbocycles. The predicted octanol–water partition coefficient (Wildman–Crippen LogP) is 4.73. The smallest absolute Gasteiger partial charge is 0.257 e. The van der Waals surface area contributed by atoms with E-state index in [1.54, 1.807) is 23.7 Å².